The third-order valence-electron chi connectivity index (χ3n) is 2.23. The first-order valence-corrected chi connectivity index (χ1v) is 4.89. The molecule has 0 aliphatic carbocycles. The van der Waals surface area contributed by atoms with Crippen molar-refractivity contribution in [3.05, 3.63) is 41.9 Å². The van der Waals surface area contributed by atoms with Gasteiger partial charge in [0.2, 0.25) is 0 Å². The van der Waals surface area contributed by atoms with Gasteiger partial charge < -0.3 is 5.32 Å². The average Bonchev–Trinajstić information content (AvgIpc) is 2.63. The van der Waals surface area contributed by atoms with E-state index in [-0.39, 0.29) is 0 Å². The number of aryl methyl sites for hydroxylation is 2. The van der Waals surface area contributed by atoms with Crippen molar-refractivity contribution in [1.29, 1.82) is 0 Å². The van der Waals surface area contributed by atoms with Crippen LogP contribution in [0.15, 0.2) is 30.7 Å². The molecule has 2 heterocycles. The van der Waals surface area contributed by atoms with Gasteiger partial charge in [-0.05, 0) is 18.6 Å². The molecule has 0 saturated carbocycles. The lowest BCUT2D eigenvalue weighted by molar-refractivity contribution is 0.767. The Morgan fingerprint density at radius 1 is 1.47 bits per heavy atom. The molecule has 4 nitrogen and oxygen atoms in total. The van der Waals surface area contributed by atoms with E-state index in [1.54, 1.807) is 10.9 Å². The van der Waals surface area contributed by atoms with Crippen LogP contribution in [0.5, 0.6) is 0 Å². The van der Waals surface area contributed by atoms with Crippen molar-refractivity contribution in [2.45, 2.75) is 13.5 Å². The Kier molecular flexibility index (Phi) is 2.67. The zero-order valence-corrected chi connectivity index (χ0v) is 8.94. The highest BCUT2D eigenvalue weighted by atomic mass is 15.2. The van der Waals surface area contributed by atoms with Gasteiger partial charge in [0, 0.05) is 31.5 Å². The van der Waals surface area contributed by atoms with Crippen molar-refractivity contribution in [3.8, 4) is 0 Å². The van der Waals surface area contributed by atoms with Gasteiger partial charge in [0.15, 0.2) is 0 Å². The van der Waals surface area contributed by atoms with E-state index in [0.29, 0.717) is 0 Å². The van der Waals surface area contributed by atoms with Gasteiger partial charge in [-0.3, -0.25) is 4.68 Å². The van der Waals surface area contributed by atoms with Crippen molar-refractivity contribution in [2.75, 3.05) is 5.32 Å². The molecule has 0 spiro atoms. The number of hydrogen-bond acceptors (Lipinski definition) is 3. The quantitative estimate of drug-likeness (QED) is 0.824. The Hall–Kier alpha value is -1.84. The van der Waals surface area contributed by atoms with E-state index in [4.69, 9.17) is 0 Å². The highest BCUT2D eigenvalue weighted by Gasteiger charge is 1.99. The summed E-state index contributed by atoms with van der Waals surface area (Å²) < 4.78 is 1.79. The van der Waals surface area contributed by atoms with Crippen molar-refractivity contribution in [2.24, 2.45) is 7.05 Å². The summed E-state index contributed by atoms with van der Waals surface area (Å²) in [6.07, 6.45) is 5.63. The number of hydrogen-bond donors (Lipinski definition) is 1. The highest BCUT2D eigenvalue weighted by Crippen LogP contribution is 2.10. The molecular weight excluding hydrogens is 188 g/mol. The zero-order valence-electron chi connectivity index (χ0n) is 8.94. The van der Waals surface area contributed by atoms with Crippen molar-refractivity contribution >= 4 is 5.82 Å². The summed E-state index contributed by atoms with van der Waals surface area (Å²) in [6, 6.07) is 3.98. The first kappa shape index (κ1) is 9.71. The molecule has 15 heavy (non-hydrogen) atoms. The summed E-state index contributed by atoms with van der Waals surface area (Å²) >= 11 is 0. The molecule has 2 aromatic heterocycles. The monoisotopic (exact) mass is 202 g/mol. The molecule has 0 aliphatic rings. The van der Waals surface area contributed by atoms with E-state index in [2.05, 4.69) is 15.4 Å². The van der Waals surface area contributed by atoms with Crippen LogP contribution in [0.25, 0.3) is 0 Å². The van der Waals surface area contributed by atoms with Crippen molar-refractivity contribution in [3.63, 3.8) is 0 Å². The Labute approximate surface area is 89.0 Å². The minimum atomic E-state index is 0.756. The largest absolute Gasteiger partial charge is 0.366 e. The molecule has 0 atom stereocenters. The average molecular weight is 202 g/mol. The number of pyridine rings is 1. The highest BCUT2D eigenvalue weighted by molar-refractivity contribution is 5.42. The maximum atomic E-state index is 4.26. The van der Waals surface area contributed by atoms with Crippen LogP contribution in [-0.4, -0.2) is 14.8 Å². The van der Waals surface area contributed by atoms with Gasteiger partial charge in [0.05, 0.1) is 6.20 Å². The van der Waals surface area contributed by atoms with E-state index in [1.807, 2.05) is 38.5 Å². The smallest absolute Gasteiger partial charge is 0.129 e. The molecule has 0 saturated heterocycles. The number of nitrogens with one attached hydrogen (secondary N) is 1. The second kappa shape index (κ2) is 4.13. The number of nitrogens with zero attached hydrogens (tertiary/aromatic N) is 3. The van der Waals surface area contributed by atoms with E-state index >= 15 is 0 Å². The van der Waals surface area contributed by atoms with Crippen LogP contribution in [0, 0.1) is 6.92 Å². The normalized spacial score (nSPS) is 10.3. The molecule has 0 amide bonds. The molecule has 2 aromatic rings. The fraction of sp³-hybridized carbons (Fsp3) is 0.273. The molecular formula is C11H14N4. The molecule has 2 rings (SSSR count). The van der Waals surface area contributed by atoms with Gasteiger partial charge in [-0.1, -0.05) is 6.07 Å². The maximum absolute atomic E-state index is 4.26. The maximum Gasteiger partial charge on any atom is 0.129 e. The number of aromatic nitrogens is 3. The van der Waals surface area contributed by atoms with E-state index in [1.165, 1.54) is 0 Å². The molecule has 0 radical (unpaired) electrons. The van der Waals surface area contributed by atoms with Crippen LogP contribution in [0.4, 0.5) is 5.82 Å². The zero-order chi connectivity index (χ0) is 10.7. The fourth-order valence-corrected chi connectivity index (χ4v) is 1.42. The Morgan fingerprint density at radius 2 is 2.33 bits per heavy atom. The number of anilines is 1. The molecule has 0 unspecified atom stereocenters. The second-order valence-electron chi connectivity index (χ2n) is 3.54. The van der Waals surface area contributed by atoms with Crippen LogP contribution in [0.3, 0.4) is 0 Å². The third-order valence-corrected chi connectivity index (χ3v) is 2.23. The molecule has 0 fully saturated rings. The van der Waals surface area contributed by atoms with E-state index in [0.717, 1.165) is 23.5 Å². The van der Waals surface area contributed by atoms with Crippen LogP contribution >= 0.6 is 0 Å². The fourth-order valence-electron chi connectivity index (χ4n) is 1.42. The summed E-state index contributed by atoms with van der Waals surface area (Å²) in [5, 5.41) is 7.39. The van der Waals surface area contributed by atoms with Crippen molar-refractivity contribution in [1.82, 2.24) is 14.8 Å². The van der Waals surface area contributed by atoms with E-state index in [9.17, 15) is 0 Å². The van der Waals surface area contributed by atoms with Gasteiger partial charge in [-0.25, -0.2) is 4.98 Å². The Bertz CT molecular complexity index is 447. The second-order valence-corrected chi connectivity index (χ2v) is 3.54. The van der Waals surface area contributed by atoms with Gasteiger partial charge in [-0.2, -0.15) is 5.10 Å². The minimum absolute atomic E-state index is 0.756. The van der Waals surface area contributed by atoms with Crippen molar-refractivity contribution < 1.29 is 0 Å². The molecule has 0 aliphatic heterocycles. The van der Waals surface area contributed by atoms with Gasteiger partial charge >= 0.3 is 0 Å². The van der Waals surface area contributed by atoms with Crippen LogP contribution in [-0.2, 0) is 13.6 Å². The first-order chi connectivity index (χ1) is 7.25. The van der Waals surface area contributed by atoms with Crippen LogP contribution in [0.1, 0.15) is 11.1 Å². The molecule has 0 aromatic carbocycles. The van der Waals surface area contributed by atoms with Gasteiger partial charge in [0.1, 0.15) is 5.82 Å². The summed E-state index contributed by atoms with van der Waals surface area (Å²) in [7, 11) is 1.91. The molecule has 1 N–H and O–H groups in total. The standard InChI is InChI=1S/C11H14N4/c1-9-4-3-5-12-11(9)13-6-10-7-14-15(2)8-10/h3-5,7-8H,6H2,1-2H3,(H,12,13). The first-order valence-electron chi connectivity index (χ1n) is 4.89. The van der Waals surface area contributed by atoms with Crippen LogP contribution in [0.2, 0.25) is 0 Å². The van der Waals surface area contributed by atoms with Crippen LogP contribution < -0.4 is 5.32 Å². The Balaban J connectivity index is 2.02. The lowest BCUT2D eigenvalue weighted by atomic mass is 10.3. The predicted molar refractivity (Wildman–Crippen MR) is 59.5 cm³/mol. The van der Waals surface area contributed by atoms with Gasteiger partial charge in [0.25, 0.3) is 0 Å². The predicted octanol–water partition coefficient (Wildman–Crippen LogP) is 1.74. The van der Waals surface area contributed by atoms with Gasteiger partial charge in [-0.15, -0.1) is 0 Å². The number of rotatable bonds is 3. The summed E-state index contributed by atoms with van der Waals surface area (Å²) in [6.45, 7) is 2.80. The lowest BCUT2D eigenvalue weighted by Crippen LogP contribution is -2.01. The van der Waals surface area contributed by atoms with E-state index < -0.39 is 0 Å². The molecule has 4 heteroatoms. The molecule has 78 valence electrons. The minimum Gasteiger partial charge on any atom is -0.366 e. The topological polar surface area (TPSA) is 42.7 Å². The Morgan fingerprint density at radius 3 is 3.00 bits per heavy atom. The molecule has 0 bridgehead atoms. The lowest BCUT2D eigenvalue weighted by Gasteiger charge is -2.05. The SMILES string of the molecule is Cc1cccnc1NCc1cnn(C)c1. The summed E-state index contributed by atoms with van der Waals surface area (Å²) in [5.41, 5.74) is 2.31. The summed E-state index contributed by atoms with van der Waals surface area (Å²) in [5.74, 6) is 0.932. The third kappa shape index (κ3) is 2.34. The summed E-state index contributed by atoms with van der Waals surface area (Å²) in [4.78, 5) is 4.26.